The second-order valence-corrected chi connectivity index (χ2v) is 5.49. The van der Waals surface area contributed by atoms with E-state index in [0.29, 0.717) is 11.8 Å². The number of phenolic OH excluding ortho intramolecular Hbond substituents is 1. The van der Waals surface area contributed by atoms with Crippen LogP contribution in [0.2, 0.25) is 0 Å². The summed E-state index contributed by atoms with van der Waals surface area (Å²) in [6.07, 6.45) is 1.18. The summed E-state index contributed by atoms with van der Waals surface area (Å²) < 4.78 is 0. The number of hydrogen-bond donors (Lipinski definition) is 2. The summed E-state index contributed by atoms with van der Waals surface area (Å²) in [7, 11) is 0. The second-order valence-electron chi connectivity index (χ2n) is 4.34. The number of benzene rings is 1. The van der Waals surface area contributed by atoms with Crippen LogP contribution in [0.1, 0.15) is 6.42 Å². The Morgan fingerprint density at radius 1 is 1.44 bits per heavy atom. The highest BCUT2D eigenvalue weighted by Gasteiger charge is 2.27. The minimum absolute atomic E-state index is 0.361. The molecule has 2 N–H and O–H groups in total. The Kier molecular flexibility index (Phi) is 2.59. The number of rotatable bonds is 0. The fraction of sp³-hybridized carbons (Fsp3) is 0.500. The Bertz CT molecular complexity index is 397. The largest absolute Gasteiger partial charge is 0.508 e. The molecular weight excluding hydrogens is 220 g/mol. The zero-order valence-corrected chi connectivity index (χ0v) is 9.96. The summed E-state index contributed by atoms with van der Waals surface area (Å²) in [6, 6.07) is 6.24. The summed E-state index contributed by atoms with van der Waals surface area (Å²) in [6.45, 7) is 2.12. The van der Waals surface area contributed by atoms with Gasteiger partial charge < -0.3 is 15.3 Å². The lowest BCUT2D eigenvalue weighted by atomic mass is 10.1. The van der Waals surface area contributed by atoms with E-state index in [1.807, 2.05) is 23.9 Å². The molecule has 3 rings (SSSR count). The summed E-state index contributed by atoms with van der Waals surface area (Å²) in [4.78, 5) is 2.45. The van der Waals surface area contributed by atoms with Gasteiger partial charge in [0.25, 0.3) is 0 Å². The molecule has 86 valence electrons. The zero-order valence-electron chi connectivity index (χ0n) is 9.15. The zero-order chi connectivity index (χ0) is 11.0. The Labute approximate surface area is 99.8 Å². The molecule has 0 aliphatic carbocycles. The smallest absolute Gasteiger partial charge is 0.117 e. The van der Waals surface area contributed by atoms with Gasteiger partial charge in [0.2, 0.25) is 0 Å². The normalized spacial score (nSPS) is 24.0. The lowest BCUT2D eigenvalue weighted by Gasteiger charge is -2.36. The number of fused-ring (bicyclic) bond motifs is 3. The van der Waals surface area contributed by atoms with Crippen molar-refractivity contribution in [3.8, 4) is 5.75 Å². The molecule has 1 fully saturated rings. The van der Waals surface area contributed by atoms with Gasteiger partial charge in [-0.1, -0.05) is 0 Å². The minimum atomic E-state index is 0.361. The van der Waals surface area contributed by atoms with Crippen molar-refractivity contribution in [2.45, 2.75) is 12.5 Å². The molecule has 2 heterocycles. The Morgan fingerprint density at radius 2 is 2.38 bits per heavy atom. The molecule has 2 aliphatic rings. The average molecular weight is 236 g/mol. The first-order valence-electron chi connectivity index (χ1n) is 5.76. The van der Waals surface area contributed by atoms with E-state index in [1.165, 1.54) is 23.6 Å². The fourth-order valence-electron chi connectivity index (χ4n) is 2.49. The molecule has 1 aromatic carbocycles. The van der Waals surface area contributed by atoms with Gasteiger partial charge in [-0.05, 0) is 18.6 Å². The molecule has 0 saturated carbocycles. The predicted octanol–water partition coefficient (Wildman–Crippen LogP) is 2.13. The third-order valence-electron chi connectivity index (χ3n) is 3.31. The van der Waals surface area contributed by atoms with Gasteiger partial charge >= 0.3 is 0 Å². The van der Waals surface area contributed by atoms with Crippen LogP contribution in [0, 0.1) is 0 Å². The Morgan fingerprint density at radius 3 is 3.31 bits per heavy atom. The van der Waals surface area contributed by atoms with Crippen molar-refractivity contribution < 1.29 is 5.11 Å². The number of hydrogen-bond acceptors (Lipinski definition) is 4. The molecule has 0 spiro atoms. The van der Waals surface area contributed by atoms with Gasteiger partial charge in [-0.2, -0.15) is 11.8 Å². The number of nitrogens with one attached hydrogen (secondary N) is 1. The predicted molar refractivity (Wildman–Crippen MR) is 69.7 cm³/mol. The Hall–Kier alpha value is -1.03. The lowest BCUT2D eigenvalue weighted by Crippen LogP contribution is -2.42. The maximum atomic E-state index is 9.61. The quantitative estimate of drug-likeness (QED) is 0.676. The molecule has 0 bridgehead atoms. The fourth-order valence-corrected chi connectivity index (χ4v) is 3.60. The molecule has 3 nitrogen and oxygen atoms in total. The van der Waals surface area contributed by atoms with Crippen LogP contribution in [0.4, 0.5) is 11.4 Å². The summed E-state index contributed by atoms with van der Waals surface area (Å²) in [5.41, 5.74) is 2.33. The molecule has 16 heavy (non-hydrogen) atoms. The van der Waals surface area contributed by atoms with Crippen LogP contribution in [0.15, 0.2) is 18.2 Å². The van der Waals surface area contributed by atoms with Gasteiger partial charge in [0.05, 0.1) is 11.4 Å². The number of thioether (sulfide) groups is 1. The molecule has 2 aliphatic heterocycles. The maximum Gasteiger partial charge on any atom is 0.117 e. The van der Waals surface area contributed by atoms with Crippen LogP contribution in [0.5, 0.6) is 5.75 Å². The van der Waals surface area contributed by atoms with Gasteiger partial charge in [-0.25, -0.2) is 0 Å². The van der Waals surface area contributed by atoms with Crippen molar-refractivity contribution in [3.05, 3.63) is 18.2 Å². The van der Waals surface area contributed by atoms with E-state index in [4.69, 9.17) is 0 Å². The summed E-state index contributed by atoms with van der Waals surface area (Å²) >= 11 is 2.04. The number of phenols is 1. The molecule has 1 atom stereocenters. The Balaban J connectivity index is 2.02. The van der Waals surface area contributed by atoms with E-state index < -0.39 is 0 Å². The number of anilines is 2. The van der Waals surface area contributed by atoms with Crippen LogP contribution in [0.25, 0.3) is 0 Å². The number of aromatic hydroxyl groups is 1. The molecule has 1 aromatic rings. The van der Waals surface area contributed by atoms with Gasteiger partial charge in [0.15, 0.2) is 0 Å². The molecule has 4 heteroatoms. The first-order valence-corrected chi connectivity index (χ1v) is 6.91. The third kappa shape index (κ3) is 1.71. The topological polar surface area (TPSA) is 35.5 Å². The van der Waals surface area contributed by atoms with Gasteiger partial charge in [0.1, 0.15) is 5.75 Å². The SMILES string of the molecule is Oc1ccc2c(c1)N1CCSCC1CCN2. The average Bonchev–Trinajstić information content (AvgIpc) is 2.48. The van der Waals surface area contributed by atoms with Crippen molar-refractivity contribution in [2.75, 3.05) is 34.8 Å². The van der Waals surface area contributed by atoms with Crippen molar-refractivity contribution >= 4 is 23.1 Å². The van der Waals surface area contributed by atoms with Crippen molar-refractivity contribution in [2.24, 2.45) is 0 Å². The van der Waals surface area contributed by atoms with Crippen LogP contribution in [-0.2, 0) is 0 Å². The number of nitrogens with zero attached hydrogens (tertiary/aromatic N) is 1. The van der Waals surface area contributed by atoms with Crippen LogP contribution in [0.3, 0.4) is 0 Å². The van der Waals surface area contributed by atoms with E-state index >= 15 is 0 Å². The van der Waals surface area contributed by atoms with Crippen molar-refractivity contribution in [1.82, 2.24) is 0 Å². The molecule has 1 unspecified atom stereocenters. The molecule has 0 radical (unpaired) electrons. The van der Waals surface area contributed by atoms with E-state index in [1.54, 1.807) is 6.07 Å². The van der Waals surface area contributed by atoms with Gasteiger partial charge in [-0.3, -0.25) is 0 Å². The minimum Gasteiger partial charge on any atom is -0.508 e. The molecule has 1 saturated heterocycles. The summed E-state index contributed by atoms with van der Waals surface area (Å²) in [5, 5.41) is 13.1. The van der Waals surface area contributed by atoms with Gasteiger partial charge in [0, 0.05) is 36.7 Å². The lowest BCUT2D eigenvalue weighted by molar-refractivity contribution is 0.475. The standard InChI is InChI=1S/C12H16N2OS/c15-10-1-2-11-12(7-10)14-5-6-16-8-9(14)3-4-13-11/h1-2,7,9,13,15H,3-6,8H2. The highest BCUT2D eigenvalue weighted by molar-refractivity contribution is 7.99. The van der Waals surface area contributed by atoms with Gasteiger partial charge in [-0.15, -0.1) is 0 Å². The summed E-state index contributed by atoms with van der Waals surface area (Å²) in [5.74, 6) is 2.75. The van der Waals surface area contributed by atoms with E-state index in [-0.39, 0.29) is 0 Å². The van der Waals surface area contributed by atoms with E-state index in [2.05, 4.69) is 10.2 Å². The molecular formula is C12H16N2OS. The maximum absolute atomic E-state index is 9.61. The van der Waals surface area contributed by atoms with Crippen molar-refractivity contribution in [3.63, 3.8) is 0 Å². The van der Waals surface area contributed by atoms with Crippen molar-refractivity contribution in [1.29, 1.82) is 0 Å². The monoisotopic (exact) mass is 236 g/mol. The van der Waals surface area contributed by atoms with Crippen LogP contribution < -0.4 is 10.2 Å². The molecule has 0 amide bonds. The molecule has 0 aromatic heterocycles. The highest BCUT2D eigenvalue weighted by Crippen LogP contribution is 2.36. The second kappa shape index (κ2) is 4.09. The van der Waals surface area contributed by atoms with Crippen LogP contribution in [-0.4, -0.2) is 35.7 Å². The first kappa shape index (κ1) is 10.1. The third-order valence-corrected chi connectivity index (χ3v) is 4.40. The first-order chi connectivity index (χ1) is 7.84. The van der Waals surface area contributed by atoms with Crippen LogP contribution >= 0.6 is 11.8 Å². The van der Waals surface area contributed by atoms with E-state index in [0.717, 1.165) is 18.8 Å². The highest BCUT2D eigenvalue weighted by atomic mass is 32.2. The van der Waals surface area contributed by atoms with E-state index in [9.17, 15) is 5.11 Å².